The minimum Gasteiger partial charge on any atom is -0.478 e. The molecule has 1 saturated carbocycles. The van der Waals surface area contributed by atoms with Crippen LogP contribution < -0.4 is 5.32 Å². The summed E-state index contributed by atoms with van der Waals surface area (Å²) in [5.41, 5.74) is 0.402. The number of aromatic carboxylic acids is 1. The SMILES string of the molecule is CCC1(CNc2cccc(F)c2C(=O)O)CC1. The fraction of sp³-hybridized carbons (Fsp3) is 0.462. The molecule has 0 aromatic heterocycles. The Bertz CT molecular complexity index is 441. The fourth-order valence-electron chi connectivity index (χ4n) is 2.00. The molecule has 92 valence electrons. The summed E-state index contributed by atoms with van der Waals surface area (Å²) in [7, 11) is 0. The molecule has 1 aliphatic rings. The quantitative estimate of drug-likeness (QED) is 0.827. The second-order valence-corrected chi connectivity index (χ2v) is 4.67. The summed E-state index contributed by atoms with van der Waals surface area (Å²) in [4.78, 5) is 11.0. The van der Waals surface area contributed by atoms with Crippen molar-refractivity contribution in [2.45, 2.75) is 26.2 Å². The van der Waals surface area contributed by atoms with E-state index < -0.39 is 11.8 Å². The molecule has 3 nitrogen and oxygen atoms in total. The highest BCUT2D eigenvalue weighted by Crippen LogP contribution is 2.48. The van der Waals surface area contributed by atoms with E-state index in [0.29, 0.717) is 17.6 Å². The monoisotopic (exact) mass is 237 g/mol. The number of anilines is 1. The molecule has 0 bridgehead atoms. The first-order valence-electron chi connectivity index (χ1n) is 5.84. The summed E-state index contributed by atoms with van der Waals surface area (Å²) >= 11 is 0. The molecule has 17 heavy (non-hydrogen) atoms. The van der Waals surface area contributed by atoms with Gasteiger partial charge in [0.15, 0.2) is 0 Å². The molecule has 0 radical (unpaired) electrons. The number of carbonyl (C=O) groups is 1. The molecule has 0 atom stereocenters. The van der Waals surface area contributed by atoms with Gasteiger partial charge in [-0.3, -0.25) is 0 Å². The lowest BCUT2D eigenvalue weighted by atomic mass is 10.0. The van der Waals surface area contributed by atoms with Gasteiger partial charge in [-0.05, 0) is 36.8 Å². The maximum atomic E-state index is 13.4. The van der Waals surface area contributed by atoms with Crippen LogP contribution in [0.15, 0.2) is 18.2 Å². The van der Waals surface area contributed by atoms with Crippen LogP contribution in [0.2, 0.25) is 0 Å². The number of hydrogen-bond acceptors (Lipinski definition) is 2. The van der Waals surface area contributed by atoms with Crippen molar-refractivity contribution >= 4 is 11.7 Å². The van der Waals surface area contributed by atoms with Crippen LogP contribution in [0.1, 0.15) is 36.5 Å². The highest BCUT2D eigenvalue weighted by Gasteiger charge is 2.40. The molecule has 0 aliphatic heterocycles. The average molecular weight is 237 g/mol. The summed E-state index contributed by atoms with van der Waals surface area (Å²) < 4.78 is 13.4. The average Bonchev–Trinajstić information content (AvgIpc) is 3.06. The minimum absolute atomic E-state index is 0.264. The van der Waals surface area contributed by atoms with Gasteiger partial charge < -0.3 is 10.4 Å². The second kappa shape index (κ2) is 4.35. The lowest BCUT2D eigenvalue weighted by Gasteiger charge is -2.16. The van der Waals surface area contributed by atoms with Crippen LogP contribution in [-0.2, 0) is 0 Å². The Morgan fingerprint density at radius 3 is 2.76 bits per heavy atom. The molecule has 0 unspecified atom stereocenters. The van der Waals surface area contributed by atoms with E-state index in [-0.39, 0.29) is 5.56 Å². The van der Waals surface area contributed by atoms with Gasteiger partial charge in [0.1, 0.15) is 11.4 Å². The van der Waals surface area contributed by atoms with Gasteiger partial charge in [0, 0.05) is 6.54 Å². The van der Waals surface area contributed by atoms with Crippen molar-refractivity contribution < 1.29 is 14.3 Å². The van der Waals surface area contributed by atoms with Gasteiger partial charge in [0.05, 0.1) is 5.69 Å². The van der Waals surface area contributed by atoms with E-state index in [1.54, 1.807) is 6.07 Å². The summed E-state index contributed by atoms with van der Waals surface area (Å²) in [5.74, 6) is -1.92. The summed E-state index contributed by atoms with van der Waals surface area (Å²) in [5, 5.41) is 12.0. The lowest BCUT2D eigenvalue weighted by molar-refractivity contribution is 0.0693. The second-order valence-electron chi connectivity index (χ2n) is 4.67. The molecule has 2 rings (SSSR count). The smallest absolute Gasteiger partial charge is 0.340 e. The van der Waals surface area contributed by atoms with Crippen LogP contribution in [0.3, 0.4) is 0 Å². The third kappa shape index (κ3) is 2.40. The Balaban J connectivity index is 2.15. The molecular weight excluding hydrogens is 221 g/mol. The zero-order valence-electron chi connectivity index (χ0n) is 9.79. The number of rotatable bonds is 5. The maximum Gasteiger partial charge on any atom is 0.340 e. The number of carboxylic acid groups (broad SMARTS) is 1. The van der Waals surface area contributed by atoms with E-state index in [1.165, 1.54) is 12.1 Å². The molecule has 1 aliphatic carbocycles. The number of carboxylic acids is 1. The standard InChI is InChI=1S/C13H16FNO2/c1-2-13(6-7-13)8-15-10-5-3-4-9(14)11(10)12(16)17/h3-5,15H,2,6-8H2,1H3,(H,16,17). The van der Waals surface area contributed by atoms with Crippen molar-refractivity contribution in [2.24, 2.45) is 5.41 Å². The van der Waals surface area contributed by atoms with E-state index in [1.807, 2.05) is 0 Å². The molecule has 0 amide bonds. The molecule has 0 heterocycles. The van der Waals surface area contributed by atoms with Crippen molar-refractivity contribution in [1.82, 2.24) is 0 Å². The zero-order valence-corrected chi connectivity index (χ0v) is 9.79. The van der Waals surface area contributed by atoms with Crippen LogP contribution in [0.5, 0.6) is 0 Å². The summed E-state index contributed by atoms with van der Waals surface area (Å²) in [6, 6.07) is 4.30. The lowest BCUT2D eigenvalue weighted by Crippen LogP contribution is -2.17. The van der Waals surface area contributed by atoms with Crippen molar-refractivity contribution in [2.75, 3.05) is 11.9 Å². The summed E-state index contributed by atoms with van der Waals surface area (Å²) in [6.07, 6.45) is 3.39. The normalized spacial score (nSPS) is 16.6. The van der Waals surface area contributed by atoms with Gasteiger partial charge in [-0.25, -0.2) is 9.18 Å². The molecule has 0 saturated heterocycles. The molecule has 1 aromatic rings. The number of nitrogens with one attached hydrogen (secondary N) is 1. The highest BCUT2D eigenvalue weighted by atomic mass is 19.1. The first kappa shape index (κ1) is 11.9. The molecule has 4 heteroatoms. The van der Waals surface area contributed by atoms with E-state index in [4.69, 9.17) is 5.11 Å². The van der Waals surface area contributed by atoms with Gasteiger partial charge in [-0.1, -0.05) is 13.0 Å². The van der Waals surface area contributed by atoms with Crippen LogP contribution in [0, 0.1) is 11.2 Å². The first-order chi connectivity index (χ1) is 8.08. The van der Waals surface area contributed by atoms with Gasteiger partial charge >= 0.3 is 5.97 Å². The highest BCUT2D eigenvalue weighted by molar-refractivity contribution is 5.94. The predicted molar refractivity (Wildman–Crippen MR) is 63.8 cm³/mol. The van der Waals surface area contributed by atoms with Crippen molar-refractivity contribution in [3.05, 3.63) is 29.6 Å². The number of halogens is 1. The number of hydrogen-bond donors (Lipinski definition) is 2. The van der Waals surface area contributed by atoms with Crippen molar-refractivity contribution in [1.29, 1.82) is 0 Å². The van der Waals surface area contributed by atoms with E-state index in [2.05, 4.69) is 12.2 Å². The Labute approximate surface area is 99.7 Å². The van der Waals surface area contributed by atoms with Gasteiger partial charge in [0.25, 0.3) is 0 Å². The van der Waals surface area contributed by atoms with Gasteiger partial charge in [-0.2, -0.15) is 0 Å². The van der Waals surface area contributed by atoms with E-state index in [0.717, 1.165) is 19.3 Å². The van der Waals surface area contributed by atoms with Gasteiger partial charge in [0.2, 0.25) is 0 Å². The molecule has 2 N–H and O–H groups in total. The minimum atomic E-state index is -1.23. The Morgan fingerprint density at radius 1 is 1.53 bits per heavy atom. The topological polar surface area (TPSA) is 49.3 Å². The first-order valence-corrected chi connectivity index (χ1v) is 5.84. The van der Waals surface area contributed by atoms with Crippen molar-refractivity contribution in [3.8, 4) is 0 Å². The Kier molecular flexibility index (Phi) is 3.05. The maximum absolute atomic E-state index is 13.4. The van der Waals surface area contributed by atoms with Crippen LogP contribution in [0.4, 0.5) is 10.1 Å². The third-order valence-corrected chi connectivity index (χ3v) is 3.59. The molecular formula is C13H16FNO2. The summed E-state index contributed by atoms with van der Waals surface area (Å²) in [6.45, 7) is 2.84. The van der Waals surface area contributed by atoms with Crippen LogP contribution >= 0.6 is 0 Å². The Hall–Kier alpha value is -1.58. The van der Waals surface area contributed by atoms with Gasteiger partial charge in [-0.15, -0.1) is 0 Å². The Morgan fingerprint density at radius 2 is 2.24 bits per heavy atom. The van der Waals surface area contributed by atoms with Crippen molar-refractivity contribution in [3.63, 3.8) is 0 Å². The predicted octanol–water partition coefficient (Wildman–Crippen LogP) is 3.13. The largest absolute Gasteiger partial charge is 0.478 e. The molecule has 0 spiro atoms. The fourth-order valence-corrected chi connectivity index (χ4v) is 2.00. The molecule has 1 aromatic carbocycles. The molecule has 1 fully saturated rings. The third-order valence-electron chi connectivity index (χ3n) is 3.59. The van der Waals surface area contributed by atoms with Crippen LogP contribution in [0.25, 0.3) is 0 Å². The van der Waals surface area contributed by atoms with Crippen LogP contribution in [-0.4, -0.2) is 17.6 Å². The zero-order chi connectivity index (χ0) is 12.5. The van der Waals surface area contributed by atoms with E-state index >= 15 is 0 Å². The van der Waals surface area contributed by atoms with E-state index in [9.17, 15) is 9.18 Å². The number of benzene rings is 1.